The molecular formula is C16H17ClFN3O2. The van der Waals surface area contributed by atoms with Gasteiger partial charge in [0.15, 0.2) is 0 Å². The average molecular weight is 338 g/mol. The first kappa shape index (κ1) is 17.0. The molecule has 5 nitrogen and oxygen atoms in total. The van der Waals surface area contributed by atoms with E-state index < -0.39 is 5.82 Å². The lowest BCUT2D eigenvalue weighted by molar-refractivity contribution is 0.206. The van der Waals surface area contributed by atoms with Gasteiger partial charge in [-0.3, -0.25) is 0 Å². The molecule has 2 aromatic rings. The number of carbonyl (C=O) groups excluding carboxylic acids is 1. The maximum Gasteiger partial charge on any atom is 0.317 e. The summed E-state index contributed by atoms with van der Waals surface area (Å²) in [6.45, 7) is 0.392. The lowest BCUT2D eigenvalue weighted by Gasteiger charge is -2.19. The molecule has 23 heavy (non-hydrogen) atoms. The molecule has 1 heterocycles. The molecule has 2 amide bonds. The van der Waals surface area contributed by atoms with Gasteiger partial charge in [0.1, 0.15) is 5.82 Å². The fourth-order valence-corrected chi connectivity index (χ4v) is 2.16. The lowest BCUT2D eigenvalue weighted by Crippen LogP contribution is -2.36. The number of amides is 2. The van der Waals surface area contributed by atoms with E-state index in [1.807, 2.05) is 0 Å². The first-order chi connectivity index (χ1) is 11.0. The van der Waals surface area contributed by atoms with Gasteiger partial charge in [-0.15, -0.1) is 0 Å². The second kappa shape index (κ2) is 7.78. The zero-order chi connectivity index (χ0) is 16.8. The van der Waals surface area contributed by atoms with Crippen LogP contribution >= 0.6 is 11.6 Å². The zero-order valence-electron chi connectivity index (χ0n) is 12.8. The molecule has 0 saturated carbocycles. The highest BCUT2D eigenvalue weighted by Crippen LogP contribution is 2.20. The molecule has 7 heteroatoms. The van der Waals surface area contributed by atoms with Crippen molar-refractivity contribution < 1.29 is 13.9 Å². The minimum absolute atomic E-state index is 0.0816. The molecule has 0 aliphatic rings. The third kappa shape index (κ3) is 4.56. The number of nitrogens with one attached hydrogen (secondary N) is 1. The lowest BCUT2D eigenvalue weighted by atomic mass is 10.2. The van der Waals surface area contributed by atoms with Crippen molar-refractivity contribution in [2.75, 3.05) is 14.2 Å². The monoisotopic (exact) mass is 337 g/mol. The van der Waals surface area contributed by atoms with Crippen LogP contribution in [-0.2, 0) is 13.1 Å². The van der Waals surface area contributed by atoms with Crippen molar-refractivity contribution in [3.8, 4) is 5.88 Å². The topological polar surface area (TPSA) is 54.5 Å². The third-order valence-corrected chi connectivity index (χ3v) is 3.61. The van der Waals surface area contributed by atoms with E-state index in [1.165, 1.54) is 24.1 Å². The molecule has 1 aromatic heterocycles. The number of methoxy groups -OCH3 is 1. The van der Waals surface area contributed by atoms with Crippen molar-refractivity contribution in [3.05, 3.63) is 58.5 Å². The summed E-state index contributed by atoms with van der Waals surface area (Å²) in [6.07, 6.45) is 1.62. The van der Waals surface area contributed by atoms with Gasteiger partial charge < -0.3 is 15.0 Å². The fourth-order valence-electron chi connectivity index (χ4n) is 1.94. The molecule has 2 rings (SSSR count). The van der Waals surface area contributed by atoms with E-state index >= 15 is 0 Å². The van der Waals surface area contributed by atoms with Gasteiger partial charge in [0, 0.05) is 36.4 Å². The number of nitrogens with zero attached hydrogens (tertiary/aromatic N) is 2. The van der Waals surface area contributed by atoms with E-state index in [-0.39, 0.29) is 18.1 Å². The number of pyridine rings is 1. The summed E-state index contributed by atoms with van der Waals surface area (Å²) in [5.74, 6) is 0.0721. The number of hydrogen-bond donors (Lipinski definition) is 1. The number of urea groups is 1. The normalized spacial score (nSPS) is 10.3. The van der Waals surface area contributed by atoms with Gasteiger partial charge in [-0.05, 0) is 17.7 Å². The van der Waals surface area contributed by atoms with Crippen molar-refractivity contribution in [2.45, 2.75) is 13.1 Å². The molecule has 0 radical (unpaired) electrons. The maximum absolute atomic E-state index is 13.7. The number of ether oxygens (including phenoxy) is 1. The summed E-state index contributed by atoms with van der Waals surface area (Å²) < 4.78 is 18.7. The van der Waals surface area contributed by atoms with E-state index in [0.29, 0.717) is 17.4 Å². The molecular weight excluding hydrogens is 321 g/mol. The van der Waals surface area contributed by atoms with Crippen LogP contribution in [-0.4, -0.2) is 30.1 Å². The van der Waals surface area contributed by atoms with Crippen LogP contribution in [0, 0.1) is 5.82 Å². The van der Waals surface area contributed by atoms with Crippen LogP contribution in [0.15, 0.2) is 36.5 Å². The molecule has 122 valence electrons. The van der Waals surface area contributed by atoms with Gasteiger partial charge in [0.05, 0.1) is 13.7 Å². The Morgan fingerprint density at radius 2 is 2.17 bits per heavy atom. The highest BCUT2D eigenvalue weighted by Gasteiger charge is 2.14. The molecule has 0 bridgehead atoms. The van der Waals surface area contributed by atoms with Crippen LogP contribution in [0.25, 0.3) is 0 Å². The quantitative estimate of drug-likeness (QED) is 0.911. The Morgan fingerprint density at radius 1 is 1.39 bits per heavy atom. The van der Waals surface area contributed by atoms with Gasteiger partial charge in [-0.1, -0.05) is 23.7 Å². The minimum atomic E-state index is -0.434. The summed E-state index contributed by atoms with van der Waals surface area (Å²) in [5, 5.41) is 3.03. The van der Waals surface area contributed by atoms with Crippen LogP contribution in [0.2, 0.25) is 5.02 Å². The highest BCUT2D eigenvalue weighted by atomic mass is 35.5. The van der Waals surface area contributed by atoms with Crippen LogP contribution in [0.3, 0.4) is 0 Å². The Labute approximate surface area is 139 Å². The first-order valence-corrected chi connectivity index (χ1v) is 7.30. The number of carbonyl (C=O) groups is 1. The van der Waals surface area contributed by atoms with E-state index in [1.54, 1.807) is 31.4 Å². The van der Waals surface area contributed by atoms with Crippen molar-refractivity contribution in [3.63, 3.8) is 0 Å². The number of halogens is 2. The molecule has 0 fully saturated rings. The SMILES string of the molecule is COc1ccc(CNC(=O)N(C)Cc2c(F)cccc2Cl)cn1. The van der Waals surface area contributed by atoms with Gasteiger partial charge >= 0.3 is 6.03 Å². The molecule has 0 atom stereocenters. The zero-order valence-corrected chi connectivity index (χ0v) is 13.6. The summed E-state index contributed by atoms with van der Waals surface area (Å²) >= 11 is 5.96. The van der Waals surface area contributed by atoms with E-state index in [4.69, 9.17) is 16.3 Å². The van der Waals surface area contributed by atoms with Crippen molar-refractivity contribution in [1.29, 1.82) is 0 Å². The van der Waals surface area contributed by atoms with E-state index in [9.17, 15) is 9.18 Å². The Balaban J connectivity index is 1.92. The molecule has 1 N–H and O–H groups in total. The molecule has 0 aliphatic heterocycles. The van der Waals surface area contributed by atoms with Gasteiger partial charge in [-0.25, -0.2) is 14.2 Å². The fraction of sp³-hybridized carbons (Fsp3) is 0.250. The molecule has 0 aliphatic carbocycles. The Bertz CT molecular complexity index is 659. The molecule has 0 unspecified atom stereocenters. The van der Waals surface area contributed by atoms with Crippen LogP contribution in [0.4, 0.5) is 9.18 Å². The standard InChI is InChI=1S/C16H17ClFN3O2/c1-21(10-12-13(17)4-3-5-14(12)18)16(22)20-9-11-6-7-15(23-2)19-8-11/h3-8H,9-10H2,1-2H3,(H,20,22). The Kier molecular flexibility index (Phi) is 5.76. The van der Waals surface area contributed by atoms with Crippen molar-refractivity contribution in [2.24, 2.45) is 0 Å². The number of rotatable bonds is 5. The first-order valence-electron chi connectivity index (χ1n) is 6.92. The summed E-state index contributed by atoms with van der Waals surface area (Å²) in [6, 6.07) is 7.62. The molecule has 1 aromatic carbocycles. The van der Waals surface area contributed by atoms with Crippen molar-refractivity contribution >= 4 is 17.6 Å². The summed E-state index contributed by atoms with van der Waals surface area (Å²) in [4.78, 5) is 17.5. The predicted octanol–water partition coefficient (Wildman–Crippen LogP) is 3.22. The minimum Gasteiger partial charge on any atom is -0.481 e. The number of hydrogen-bond acceptors (Lipinski definition) is 3. The number of benzene rings is 1. The third-order valence-electron chi connectivity index (χ3n) is 3.25. The summed E-state index contributed by atoms with van der Waals surface area (Å²) in [7, 11) is 3.11. The number of aromatic nitrogens is 1. The summed E-state index contributed by atoms with van der Waals surface area (Å²) in [5.41, 5.74) is 1.12. The Hall–Kier alpha value is -2.34. The van der Waals surface area contributed by atoms with Crippen LogP contribution in [0.5, 0.6) is 5.88 Å². The van der Waals surface area contributed by atoms with Crippen LogP contribution in [0.1, 0.15) is 11.1 Å². The van der Waals surface area contributed by atoms with E-state index in [2.05, 4.69) is 10.3 Å². The smallest absolute Gasteiger partial charge is 0.317 e. The predicted molar refractivity (Wildman–Crippen MR) is 85.9 cm³/mol. The second-order valence-electron chi connectivity index (χ2n) is 4.92. The second-order valence-corrected chi connectivity index (χ2v) is 5.33. The van der Waals surface area contributed by atoms with E-state index in [0.717, 1.165) is 5.56 Å². The maximum atomic E-state index is 13.7. The average Bonchev–Trinajstić information content (AvgIpc) is 2.56. The highest BCUT2D eigenvalue weighted by molar-refractivity contribution is 6.31. The van der Waals surface area contributed by atoms with Gasteiger partial charge in [0.25, 0.3) is 0 Å². The van der Waals surface area contributed by atoms with Gasteiger partial charge in [-0.2, -0.15) is 0 Å². The molecule has 0 spiro atoms. The van der Waals surface area contributed by atoms with Gasteiger partial charge in [0.2, 0.25) is 5.88 Å². The Morgan fingerprint density at radius 3 is 2.78 bits per heavy atom. The van der Waals surface area contributed by atoms with Crippen molar-refractivity contribution in [1.82, 2.24) is 15.2 Å². The largest absolute Gasteiger partial charge is 0.481 e. The molecule has 0 saturated heterocycles. The van der Waals surface area contributed by atoms with Crippen LogP contribution < -0.4 is 10.1 Å².